The number of fused-ring (bicyclic) bond motifs is 7. The van der Waals surface area contributed by atoms with Crippen molar-refractivity contribution in [2.45, 2.75) is 202 Å². The Morgan fingerprint density at radius 1 is 0.625 bits per heavy atom. The van der Waals surface area contributed by atoms with Crippen LogP contribution >= 0.6 is 0 Å². The van der Waals surface area contributed by atoms with Crippen molar-refractivity contribution in [3.05, 3.63) is 0 Å². The van der Waals surface area contributed by atoms with E-state index in [9.17, 15) is 61.3 Å². The van der Waals surface area contributed by atoms with Crippen LogP contribution in [0.4, 0.5) is 0 Å². The van der Waals surface area contributed by atoms with E-state index >= 15 is 0 Å². The molecule has 12 N–H and O–H groups in total. The molecule has 19 heteroatoms. The molecule has 8 rings (SSSR count). The van der Waals surface area contributed by atoms with E-state index in [0.29, 0.717) is 42.9 Å². The van der Waals surface area contributed by atoms with Crippen LogP contribution in [0, 0.1) is 52.3 Å². The first kappa shape index (κ1) is 49.7. The van der Waals surface area contributed by atoms with E-state index in [1.807, 2.05) is 6.92 Å². The van der Waals surface area contributed by atoms with Crippen LogP contribution in [0.25, 0.3) is 0 Å². The monoisotopic (exact) mass is 920 g/mol. The number of aliphatic hydroxyl groups is 12. The minimum absolute atomic E-state index is 0.00000712. The van der Waals surface area contributed by atoms with Crippen molar-refractivity contribution in [1.82, 2.24) is 0 Å². The highest BCUT2D eigenvalue weighted by Crippen LogP contribution is 2.71. The molecule has 4 aliphatic carbocycles. The summed E-state index contributed by atoms with van der Waals surface area (Å²) in [6.07, 6.45) is -13.7. The fourth-order valence-corrected chi connectivity index (χ4v) is 14.2. The summed E-state index contributed by atoms with van der Waals surface area (Å²) in [4.78, 5) is 0. The fourth-order valence-electron chi connectivity index (χ4n) is 14.2. The van der Waals surface area contributed by atoms with E-state index in [1.165, 1.54) is 0 Å². The number of rotatable bonds is 13. The quantitative estimate of drug-likeness (QED) is 0.0909. The molecular formula is C45H76O19. The third-order valence-electron chi connectivity index (χ3n) is 18.0. The van der Waals surface area contributed by atoms with Crippen molar-refractivity contribution in [3.63, 3.8) is 0 Å². The first-order valence-corrected chi connectivity index (χ1v) is 23.9. The minimum Gasteiger partial charge on any atom is -0.394 e. The van der Waals surface area contributed by atoms with Gasteiger partial charge in [0.25, 0.3) is 0 Å². The second-order valence-electron chi connectivity index (χ2n) is 21.5. The highest BCUT2D eigenvalue weighted by Gasteiger charge is 2.68. The standard InChI is InChI=1S/C45H76O19/c1-19(18-58-40-37(55)34(52)31(49)27(15-46)60-40)7-12-45(57)20(2)30-26(64-45)14-25-23-6-5-21-13-22(8-10-43(21,3)24(23)9-11-44(25,30)4)59-42-39(36(54)33(51)29(17-48)62-42)63-41-38(56)35(53)32(50)28(16-47)61-41/h19-42,46-57H,5-18H2,1-4H3/t19-,20-,21+,22?,23+,24-,25-,26-,27+,28+,29+,30+,31?,32?,33?,34?,35?,36?,37?,38?,39+,40?,41?,42?,43-,44-,45?/m0/s1. The van der Waals surface area contributed by atoms with E-state index in [-0.39, 0.29) is 47.4 Å². The summed E-state index contributed by atoms with van der Waals surface area (Å²) in [6, 6.07) is 0. The average Bonchev–Trinajstić information content (AvgIpc) is 3.71. The van der Waals surface area contributed by atoms with Gasteiger partial charge in [-0.3, -0.25) is 0 Å². The lowest BCUT2D eigenvalue weighted by molar-refractivity contribution is -0.373. The Kier molecular flexibility index (Phi) is 14.9. The molecule has 4 saturated carbocycles. The molecule has 0 bridgehead atoms. The van der Waals surface area contributed by atoms with Gasteiger partial charge in [-0.2, -0.15) is 0 Å². The second kappa shape index (κ2) is 19.2. The van der Waals surface area contributed by atoms with Gasteiger partial charge in [-0.1, -0.05) is 27.7 Å². The van der Waals surface area contributed by atoms with Crippen molar-refractivity contribution in [1.29, 1.82) is 0 Å². The molecule has 8 fully saturated rings. The summed E-state index contributed by atoms with van der Waals surface area (Å²) in [6.45, 7) is 7.28. The van der Waals surface area contributed by atoms with Crippen molar-refractivity contribution < 1.29 is 94.4 Å². The molecule has 4 heterocycles. The van der Waals surface area contributed by atoms with E-state index in [4.69, 9.17) is 33.2 Å². The van der Waals surface area contributed by atoms with Gasteiger partial charge in [0.2, 0.25) is 0 Å². The smallest absolute Gasteiger partial charge is 0.187 e. The van der Waals surface area contributed by atoms with Gasteiger partial charge in [0, 0.05) is 12.3 Å². The lowest BCUT2D eigenvalue weighted by Crippen LogP contribution is -2.65. The molecule has 370 valence electrons. The van der Waals surface area contributed by atoms with Gasteiger partial charge in [-0.25, -0.2) is 0 Å². The van der Waals surface area contributed by atoms with Gasteiger partial charge >= 0.3 is 0 Å². The van der Waals surface area contributed by atoms with Gasteiger partial charge in [-0.05, 0) is 104 Å². The second-order valence-corrected chi connectivity index (χ2v) is 21.5. The van der Waals surface area contributed by atoms with Crippen molar-refractivity contribution in [2.24, 2.45) is 52.3 Å². The lowest BCUT2D eigenvalue weighted by atomic mass is 9.44. The van der Waals surface area contributed by atoms with Crippen molar-refractivity contribution in [2.75, 3.05) is 26.4 Å². The third kappa shape index (κ3) is 8.65. The van der Waals surface area contributed by atoms with Gasteiger partial charge in [-0.15, -0.1) is 0 Å². The molecule has 0 amide bonds. The molecule has 19 nitrogen and oxygen atoms in total. The first-order chi connectivity index (χ1) is 30.3. The Hall–Kier alpha value is -0.760. The van der Waals surface area contributed by atoms with Crippen LogP contribution in [0.5, 0.6) is 0 Å². The van der Waals surface area contributed by atoms with Gasteiger partial charge in [0.1, 0.15) is 73.2 Å². The van der Waals surface area contributed by atoms with Crippen LogP contribution in [0.1, 0.15) is 91.9 Å². The number of hydrogen-bond donors (Lipinski definition) is 12. The molecular weight excluding hydrogens is 844 g/mol. The molecule has 0 radical (unpaired) electrons. The molecule has 27 atom stereocenters. The minimum atomic E-state index is -1.75. The van der Waals surface area contributed by atoms with Crippen LogP contribution in [-0.2, 0) is 33.2 Å². The summed E-state index contributed by atoms with van der Waals surface area (Å²) in [5.74, 6) is 0.532. The van der Waals surface area contributed by atoms with Crippen LogP contribution in [0.3, 0.4) is 0 Å². The summed E-state index contributed by atoms with van der Waals surface area (Å²) < 4.78 is 42.0. The molecule has 0 spiro atoms. The fraction of sp³-hybridized carbons (Fsp3) is 1.00. The molecule has 0 aromatic carbocycles. The Labute approximate surface area is 374 Å². The zero-order valence-corrected chi connectivity index (χ0v) is 37.5. The van der Waals surface area contributed by atoms with Crippen molar-refractivity contribution in [3.8, 4) is 0 Å². The van der Waals surface area contributed by atoms with E-state index < -0.39 is 118 Å². The summed E-state index contributed by atoms with van der Waals surface area (Å²) in [7, 11) is 0. The van der Waals surface area contributed by atoms with Crippen molar-refractivity contribution >= 4 is 0 Å². The van der Waals surface area contributed by atoms with Gasteiger partial charge < -0.3 is 94.4 Å². The molecule has 0 aromatic heterocycles. The SMILES string of the molecule is C[C@@H](CCC1(O)O[C@H]2C[C@H]3[C@@H]4CC[C@@H]5CC(OC6O[C@H](CO)C(O)C(O)[C@H]6OC6O[C@H](CO)C(O)C(O)C6O)CC[C@]5(C)[C@H]4CC[C@]3(C)[C@@H]2[C@@H]1C)COC1O[C@H](CO)C(O)C(O)C1O. The van der Waals surface area contributed by atoms with Crippen LogP contribution < -0.4 is 0 Å². The predicted octanol–water partition coefficient (Wildman–Crippen LogP) is -1.78. The topological polar surface area (TPSA) is 307 Å². The first-order valence-electron chi connectivity index (χ1n) is 23.9. The molecule has 0 aromatic rings. The maximum absolute atomic E-state index is 12.1. The number of hydrogen-bond acceptors (Lipinski definition) is 19. The number of ether oxygens (including phenoxy) is 7. The van der Waals surface area contributed by atoms with E-state index in [0.717, 1.165) is 44.9 Å². The van der Waals surface area contributed by atoms with E-state index in [2.05, 4.69) is 20.8 Å². The lowest BCUT2D eigenvalue weighted by Gasteiger charge is -2.61. The van der Waals surface area contributed by atoms with Gasteiger partial charge in [0.15, 0.2) is 24.7 Å². The summed E-state index contributed by atoms with van der Waals surface area (Å²) in [5, 5.41) is 125. The maximum Gasteiger partial charge on any atom is 0.187 e. The Morgan fingerprint density at radius 2 is 1.20 bits per heavy atom. The summed E-state index contributed by atoms with van der Waals surface area (Å²) in [5.41, 5.74) is 0.0475. The Morgan fingerprint density at radius 3 is 1.84 bits per heavy atom. The Balaban J connectivity index is 0.869. The molecule has 64 heavy (non-hydrogen) atoms. The molecule has 8 aliphatic rings. The van der Waals surface area contributed by atoms with Crippen LogP contribution in [0.2, 0.25) is 0 Å². The predicted molar refractivity (Wildman–Crippen MR) is 219 cm³/mol. The number of aliphatic hydroxyl groups excluding tert-OH is 11. The third-order valence-corrected chi connectivity index (χ3v) is 18.0. The average molecular weight is 921 g/mol. The zero-order valence-electron chi connectivity index (χ0n) is 37.5. The van der Waals surface area contributed by atoms with Crippen LogP contribution in [-0.4, -0.2) is 198 Å². The normalized spacial score (nSPS) is 55.6. The highest BCUT2D eigenvalue weighted by molar-refractivity contribution is 5.15. The highest BCUT2D eigenvalue weighted by atomic mass is 16.8. The largest absolute Gasteiger partial charge is 0.394 e. The maximum atomic E-state index is 12.1. The zero-order chi connectivity index (χ0) is 46.2. The molecule has 13 unspecified atom stereocenters. The van der Waals surface area contributed by atoms with E-state index in [1.54, 1.807) is 0 Å². The summed E-state index contributed by atoms with van der Waals surface area (Å²) >= 11 is 0. The van der Waals surface area contributed by atoms with Gasteiger partial charge in [0.05, 0.1) is 38.6 Å². The van der Waals surface area contributed by atoms with Crippen LogP contribution in [0.15, 0.2) is 0 Å². The molecule has 4 aliphatic heterocycles. The Bertz CT molecular complexity index is 1560. The molecule has 4 saturated heterocycles.